The minimum absolute atomic E-state index is 0.640. The third-order valence-electron chi connectivity index (χ3n) is 8.80. The first-order chi connectivity index (χ1) is 13.7. The Kier molecular flexibility index (Phi) is 7.37. The Morgan fingerprint density at radius 3 is 2.29 bits per heavy atom. The minimum Gasteiger partial charge on any atom is -0.297 e. The summed E-state index contributed by atoms with van der Waals surface area (Å²) in [7, 11) is 2.37. The molecule has 158 valence electrons. The van der Waals surface area contributed by atoms with E-state index < -0.39 is 0 Å². The lowest BCUT2D eigenvalue weighted by molar-refractivity contribution is 0.182. The third-order valence-corrected chi connectivity index (χ3v) is 8.80. The van der Waals surface area contributed by atoms with E-state index in [9.17, 15) is 0 Å². The Bertz CT molecular complexity index is 535. The molecule has 0 unspecified atom stereocenters. The largest absolute Gasteiger partial charge is 0.297 e. The topological polar surface area (TPSA) is 15.3 Å². The van der Waals surface area contributed by atoms with Crippen LogP contribution in [0.15, 0.2) is 17.9 Å². The number of hydrogen-bond acceptors (Lipinski definition) is 2. The first-order valence-corrected chi connectivity index (χ1v) is 12.6. The highest BCUT2D eigenvalue weighted by Gasteiger charge is 2.39. The number of rotatable bonds is 6. The van der Waals surface area contributed by atoms with Crippen molar-refractivity contribution >= 4 is 0 Å². The Morgan fingerprint density at radius 2 is 1.57 bits per heavy atom. The van der Waals surface area contributed by atoms with Crippen LogP contribution in [0.1, 0.15) is 103 Å². The van der Waals surface area contributed by atoms with Crippen molar-refractivity contribution < 1.29 is 0 Å². The van der Waals surface area contributed by atoms with Crippen molar-refractivity contribution in [3.05, 3.63) is 17.9 Å². The second kappa shape index (κ2) is 9.96. The Morgan fingerprint density at radius 1 is 0.857 bits per heavy atom. The van der Waals surface area contributed by atoms with Gasteiger partial charge in [-0.1, -0.05) is 51.5 Å². The van der Waals surface area contributed by atoms with Crippen molar-refractivity contribution in [2.75, 3.05) is 7.05 Å². The maximum Gasteiger partial charge on any atom is 0.0600 e. The molecule has 2 nitrogen and oxygen atoms in total. The van der Waals surface area contributed by atoms with Crippen LogP contribution in [-0.2, 0) is 0 Å². The highest BCUT2D eigenvalue weighted by Crippen LogP contribution is 2.40. The fourth-order valence-electron chi connectivity index (χ4n) is 6.95. The van der Waals surface area contributed by atoms with Gasteiger partial charge in [-0.25, -0.2) is 0 Å². The van der Waals surface area contributed by atoms with Crippen molar-refractivity contribution in [3.8, 4) is 0 Å². The molecule has 1 heterocycles. The zero-order valence-electron chi connectivity index (χ0n) is 18.4. The molecule has 1 aliphatic heterocycles. The van der Waals surface area contributed by atoms with E-state index in [1.807, 2.05) is 0 Å². The van der Waals surface area contributed by atoms with E-state index >= 15 is 0 Å². The van der Waals surface area contributed by atoms with Crippen LogP contribution in [0.5, 0.6) is 0 Å². The molecule has 4 rings (SSSR count). The zero-order valence-corrected chi connectivity index (χ0v) is 18.4. The molecule has 3 atom stereocenters. The predicted molar refractivity (Wildman–Crippen MR) is 119 cm³/mol. The van der Waals surface area contributed by atoms with E-state index in [-0.39, 0.29) is 0 Å². The fraction of sp³-hybridized carbons (Fsp3) is 0.885. The van der Waals surface area contributed by atoms with Crippen LogP contribution < -0.4 is 5.32 Å². The molecule has 0 aromatic rings. The Labute approximate surface area is 174 Å². The molecular weight excluding hydrogens is 340 g/mol. The molecule has 0 aromatic carbocycles. The van der Waals surface area contributed by atoms with Gasteiger partial charge in [0.05, 0.1) is 6.17 Å². The number of nitrogens with one attached hydrogen (secondary N) is 1. The van der Waals surface area contributed by atoms with Gasteiger partial charge in [-0.3, -0.25) is 10.2 Å². The SMILES string of the molecule is C=C=C(CC1CCCCC1)C1CCC(CC[C@H]2N[C@H]3CCCC[C@H]3N2C)CC1. The number of fused-ring (bicyclic) bond motifs is 1. The van der Waals surface area contributed by atoms with Crippen LogP contribution in [0.3, 0.4) is 0 Å². The molecule has 2 heteroatoms. The van der Waals surface area contributed by atoms with Crippen LogP contribution in [0.2, 0.25) is 0 Å². The molecule has 0 bridgehead atoms. The fourth-order valence-corrected chi connectivity index (χ4v) is 6.95. The van der Waals surface area contributed by atoms with Gasteiger partial charge in [-0.2, -0.15) is 0 Å². The standard InChI is InChI=1S/C26H44N2/c1-3-22(19-21-9-5-4-6-10-21)23-16-13-20(14-17-23)15-18-26-27-24-11-7-8-12-25(24)28(26)2/h20-21,23-27H,1,4-19H2,2H3/t20?,23?,24-,25+,26-/m0/s1. The molecule has 0 amide bonds. The summed E-state index contributed by atoms with van der Waals surface area (Å²) in [6, 6.07) is 1.59. The first-order valence-electron chi connectivity index (χ1n) is 12.6. The van der Waals surface area contributed by atoms with Crippen LogP contribution in [0.4, 0.5) is 0 Å². The zero-order chi connectivity index (χ0) is 19.3. The summed E-state index contributed by atoms with van der Waals surface area (Å²) in [5.74, 6) is 2.68. The van der Waals surface area contributed by atoms with Crippen molar-refractivity contribution in [2.24, 2.45) is 17.8 Å². The van der Waals surface area contributed by atoms with Gasteiger partial charge in [-0.15, -0.1) is 5.73 Å². The highest BCUT2D eigenvalue weighted by molar-refractivity contribution is 5.07. The summed E-state index contributed by atoms with van der Waals surface area (Å²) in [6.45, 7) is 4.08. The number of hydrogen-bond donors (Lipinski definition) is 1. The van der Waals surface area contributed by atoms with Crippen molar-refractivity contribution in [2.45, 2.75) is 121 Å². The summed E-state index contributed by atoms with van der Waals surface area (Å²) in [4.78, 5) is 2.68. The van der Waals surface area contributed by atoms with Gasteiger partial charge >= 0.3 is 0 Å². The first kappa shape index (κ1) is 20.7. The molecular formula is C26H44N2. The minimum atomic E-state index is 0.640. The lowest BCUT2D eigenvalue weighted by Gasteiger charge is -2.33. The number of nitrogens with zero attached hydrogens (tertiary/aromatic N) is 1. The second-order valence-electron chi connectivity index (χ2n) is 10.5. The summed E-state index contributed by atoms with van der Waals surface area (Å²) >= 11 is 0. The van der Waals surface area contributed by atoms with Gasteiger partial charge in [0.15, 0.2) is 0 Å². The third kappa shape index (κ3) is 4.94. The van der Waals surface area contributed by atoms with Crippen molar-refractivity contribution in [3.63, 3.8) is 0 Å². The van der Waals surface area contributed by atoms with Gasteiger partial charge in [0.2, 0.25) is 0 Å². The maximum absolute atomic E-state index is 4.08. The highest BCUT2D eigenvalue weighted by atomic mass is 15.4. The Hall–Kier alpha value is -0.560. The number of allylic oxidation sites excluding steroid dienone is 1. The van der Waals surface area contributed by atoms with Crippen LogP contribution in [0, 0.1) is 17.8 Å². The smallest absolute Gasteiger partial charge is 0.0600 e. The predicted octanol–water partition coefficient (Wildman–Crippen LogP) is 6.43. The van der Waals surface area contributed by atoms with E-state index in [1.54, 1.807) is 5.57 Å². The van der Waals surface area contributed by atoms with Crippen LogP contribution in [-0.4, -0.2) is 30.2 Å². The molecule has 4 fully saturated rings. The molecule has 0 spiro atoms. The van der Waals surface area contributed by atoms with Crippen molar-refractivity contribution in [1.29, 1.82) is 0 Å². The summed E-state index contributed by atoms with van der Waals surface area (Å²) < 4.78 is 0. The van der Waals surface area contributed by atoms with Gasteiger partial charge in [0.1, 0.15) is 0 Å². The molecule has 3 aliphatic carbocycles. The van der Waals surface area contributed by atoms with Gasteiger partial charge < -0.3 is 0 Å². The van der Waals surface area contributed by atoms with Crippen LogP contribution in [0.25, 0.3) is 0 Å². The quantitative estimate of drug-likeness (QED) is 0.531. The van der Waals surface area contributed by atoms with Crippen LogP contribution >= 0.6 is 0 Å². The second-order valence-corrected chi connectivity index (χ2v) is 10.5. The van der Waals surface area contributed by atoms with Crippen molar-refractivity contribution in [1.82, 2.24) is 10.2 Å². The average molecular weight is 385 g/mol. The molecule has 28 heavy (non-hydrogen) atoms. The molecule has 0 radical (unpaired) electrons. The lowest BCUT2D eigenvalue weighted by atomic mass is 9.74. The summed E-state index contributed by atoms with van der Waals surface area (Å²) in [6.07, 6.45) is 23.3. The Balaban J connectivity index is 1.19. The molecule has 0 aromatic heterocycles. The number of likely N-dealkylation sites (N-methyl/N-ethyl adjacent to an activating group) is 1. The van der Waals surface area contributed by atoms with E-state index in [4.69, 9.17) is 0 Å². The normalized spacial score (nSPS) is 37.4. The van der Waals surface area contributed by atoms with E-state index in [1.165, 1.54) is 103 Å². The molecule has 3 saturated carbocycles. The molecule has 1 N–H and O–H groups in total. The summed E-state index contributed by atoms with van der Waals surface area (Å²) in [5, 5.41) is 3.97. The average Bonchev–Trinajstić information content (AvgIpc) is 3.07. The van der Waals surface area contributed by atoms with Gasteiger partial charge in [-0.05, 0) is 88.2 Å². The maximum atomic E-state index is 4.08. The lowest BCUT2D eigenvalue weighted by Crippen LogP contribution is -2.37. The van der Waals surface area contributed by atoms with Gasteiger partial charge in [0, 0.05) is 12.1 Å². The molecule has 4 aliphatic rings. The van der Waals surface area contributed by atoms with Gasteiger partial charge in [0.25, 0.3) is 0 Å². The van der Waals surface area contributed by atoms with E-state index in [0.29, 0.717) is 6.17 Å². The monoisotopic (exact) mass is 384 g/mol. The van der Waals surface area contributed by atoms with E-state index in [0.717, 1.165) is 29.8 Å². The summed E-state index contributed by atoms with van der Waals surface area (Å²) in [5.41, 5.74) is 4.98. The van der Waals surface area contributed by atoms with E-state index in [2.05, 4.69) is 29.6 Å². The molecule has 1 saturated heterocycles.